The molecule has 2 atom stereocenters. The van der Waals surface area contributed by atoms with Gasteiger partial charge in [-0.1, -0.05) is 20.3 Å². The van der Waals surface area contributed by atoms with Crippen LogP contribution in [0.25, 0.3) is 0 Å². The number of hydrogen-bond donors (Lipinski definition) is 1. The molecule has 0 radical (unpaired) electrons. The van der Waals surface area contributed by atoms with Crippen molar-refractivity contribution in [1.29, 1.82) is 0 Å². The molecule has 0 amide bonds. The Morgan fingerprint density at radius 2 is 2.00 bits per heavy atom. The highest BCUT2D eigenvalue weighted by molar-refractivity contribution is 4.94. The van der Waals surface area contributed by atoms with Crippen molar-refractivity contribution in [2.45, 2.75) is 70.6 Å². The highest BCUT2D eigenvalue weighted by Crippen LogP contribution is 2.27. The van der Waals surface area contributed by atoms with Crippen molar-refractivity contribution >= 4 is 0 Å². The van der Waals surface area contributed by atoms with E-state index in [1.807, 2.05) is 0 Å². The van der Waals surface area contributed by atoms with Gasteiger partial charge in [-0.15, -0.1) is 0 Å². The van der Waals surface area contributed by atoms with Crippen molar-refractivity contribution in [2.24, 2.45) is 0 Å². The van der Waals surface area contributed by atoms with E-state index < -0.39 is 12.6 Å². The fraction of sp³-hybridized carbons (Fsp3) is 1.00. The summed E-state index contributed by atoms with van der Waals surface area (Å²) in [6.45, 7) is 8.69. The SMILES string of the molecule is CCCC1CN(CCCC(F)(F)F)C(C)(CC)CN1. The van der Waals surface area contributed by atoms with Crippen molar-refractivity contribution in [2.75, 3.05) is 19.6 Å². The van der Waals surface area contributed by atoms with Crippen LogP contribution < -0.4 is 5.32 Å². The fourth-order valence-corrected chi connectivity index (χ4v) is 2.75. The lowest BCUT2D eigenvalue weighted by Crippen LogP contribution is -2.63. The van der Waals surface area contributed by atoms with E-state index in [9.17, 15) is 13.2 Å². The second-order valence-corrected chi connectivity index (χ2v) is 5.88. The first kappa shape index (κ1) is 16.8. The third-order valence-corrected chi connectivity index (χ3v) is 4.26. The van der Waals surface area contributed by atoms with Gasteiger partial charge in [0.2, 0.25) is 0 Å². The molecule has 1 aliphatic heterocycles. The number of rotatable bonds is 6. The van der Waals surface area contributed by atoms with Crippen molar-refractivity contribution in [3.8, 4) is 0 Å². The first-order valence-electron chi connectivity index (χ1n) is 7.36. The zero-order valence-corrected chi connectivity index (χ0v) is 12.3. The minimum Gasteiger partial charge on any atom is -0.311 e. The highest BCUT2D eigenvalue weighted by Gasteiger charge is 2.36. The fourth-order valence-electron chi connectivity index (χ4n) is 2.75. The molecule has 0 bridgehead atoms. The molecule has 0 spiro atoms. The van der Waals surface area contributed by atoms with Gasteiger partial charge in [0, 0.05) is 31.1 Å². The third-order valence-electron chi connectivity index (χ3n) is 4.26. The van der Waals surface area contributed by atoms with E-state index in [-0.39, 0.29) is 12.0 Å². The maximum Gasteiger partial charge on any atom is 0.389 e. The summed E-state index contributed by atoms with van der Waals surface area (Å²) in [4.78, 5) is 2.26. The van der Waals surface area contributed by atoms with Crippen molar-refractivity contribution in [3.63, 3.8) is 0 Å². The largest absolute Gasteiger partial charge is 0.389 e. The van der Waals surface area contributed by atoms with Crippen LogP contribution >= 0.6 is 0 Å². The van der Waals surface area contributed by atoms with E-state index in [1.165, 1.54) is 0 Å². The van der Waals surface area contributed by atoms with Gasteiger partial charge in [0.15, 0.2) is 0 Å². The maximum absolute atomic E-state index is 12.3. The number of hydrogen-bond acceptors (Lipinski definition) is 2. The number of halogens is 3. The molecular weight excluding hydrogens is 253 g/mol. The molecule has 19 heavy (non-hydrogen) atoms. The lowest BCUT2D eigenvalue weighted by molar-refractivity contribution is -0.137. The molecule has 1 rings (SSSR count). The van der Waals surface area contributed by atoms with Crippen molar-refractivity contribution in [3.05, 3.63) is 0 Å². The van der Waals surface area contributed by atoms with Gasteiger partial charge in [-0.05, 0) is 32.7 Å². The molecule has 0 aromatic heterocycles. The van der Waals surface area contributed by atoms with E-state index >= 15 is 0 Å². The quantitative estimate of drug-likeness (QED) is 0.800. The molecule has 1 N–H and O–H groups in total. The summed E-state index contributed by atoms with van der Waals surface area (Å²) in [5.41, 5.74) is -0.00413. The molecule has 0 saturated carbocycles. The van der Waals surface area contributed by atoms with Crippen molar-refractivity contribution in [1.82, 2.24) is 10.2 Å². The van der Waals surface area contributed by atoms with Gasteiger partial charge in [0.25, 0.3) is 0 Å². The zero-order valence-electron chi connectivity index (χ0n) is 12.3. The highest BCUT2D eigenvalue weighted by atomic mass is 19.4. The Morgan fingerprint density at radius 3 is 2.53 bits per heavy atom. The molecule has 0 aliphatic carbocycles. The average molecular weight is 280 g/mol. The molecule has 1 saturated heterocycles. The van der Waals surface area contributed by atoms with Crippen LogP contribution in [0.4, 0.5) is 13.2 Å². The van der Waals surface area contributed by atoms with Crippen LogP contribution in [0.5, 0.6) is 0 Å². The molecule has 1 fully saturated rings. The van der Waals surface area contributed by atoms with E-state index in [2.05, 4.69) is 31.0 Å². The zero-order chi connectivity index (χ0) is 14.5. The number of nitrogens with one attached hydrogen (secondary N) is 1. The van der Waals surface area contributed by atoms with E-state index in [4.69, 9.17) is 0 Å². The van der Waals surface area contributed by atoms with Gasteiger partial charge >= 0.3 is 6.18 Å². The first-order chi connectivity index (χ1) is 8.80. The summed E-state index contributed by atoms with van der Waals surface area (Å²) in [6, 6.07) is 0.426. The Bertz CT molecular complexity index is 268. The smallest absolute Gasteiger partial charge is 0.311 e. The lowest BCUT2D eigenvalue weighted by atomic mass is 9.91. The second-order valence-electron chi connectivity index (χ2n) is 5.88. The molecule has 0 aromatic rings. The topological polar surface area (TPSA) is 15.3 Å². The minimum atomic E-state index is -4.03. The summed E-state index contributed by atoms with van der Waals surface area (Å²) in [6.07, 6.45) is -1.33. The van der Waals surface area contributed by atoms with Crippen LogP contribution in [-0.4, -0.2) is 42.3 Å². The summed E-state index contributed by atoms with van der Waals surface area (Å²) < 4.78 is 36.8. The van der Waals surface area contributed by atoms with Gasteiger partial charge < -0.3 is 5.32 Å². The number of alkyl halides is 3. The predicted molar refractivity (Wildman–Crippen MR) is 72.3 cm³/mol. The maximum atomic E-state index is 12.3. The summed E-state index contributed by atoms with van der Waals surface area (Å²) in [5.74, 6) is 0. The average Bonchev–Trinajstić information content (AvgIpc) is 2.32. The van der Waals surface area contributed by atoms with E-state index in [0.29, 0.717) is 12.6 Å². The Labute approximate surface area is 114 Å². The molecule has 1 aliphatic rings. The predicted octanol–water partition coefficient (Wildman–Crippen LogP) is 3.57. The van der Waals surface area contributed by atoms with Gasteiger partial charge in [-0.25, -0.2) is 0 Å². The van der Waals surface area contributed by atoms with Crippen molar-refractivity contribution < 1.29 is 13.2 Å². The summed E-state index contributed by atoms with van der Waals surface area (Å²) in [7, 11) is 0. The second kappa shape index (κ2) is 6.93. The number of nitrogens with zero attached hydrogens (tertiary/aromatic N) is 1. The Morgan fingerprint density at radius 1 is 1.32 bits per heavy atom. The van der Waals surface area contributed by atoms with E-state index in [0.717, 1.165) is 32.4 Å². The molecule has 5 heteroatoms. The third kappa shape index (κ3) is 5.30. The van der Waals surface area contributed by atoms with Crippen LogP contribution in [-0.2, 0) is 0 Å². The van der Waals surface area contributed by atoms with Gasteiger partial charge in [0.05, 0.1) is 0 Å². The van der Waals surface area contributed by atoms with Gasteiger partial charge in [-0.3, -0.25) is 4.90 Å². The van der Waals surface area contributed by atoms with Gasteiger partial charge in [-0.2, -0.15) is 13.2 Å². The molecule has 2 unspecified atom stereocenters. The standard InChI is InChI=1S/C14H27F3N2/c1-4-7-12-10-19(9-6-8-14(15,16)17)13(3,5-2)11-18-12/h12,18H,4-11H2,1-3H3. The molecular formula is C14H27F3N2. The normalized spacial score (nSPS) is 29.7. The number of piperazine rings is 1. The molecule has 0 aromatic carbocycles. The van der Waals surface area contributed by atoms with Crippen LogP contribution in [0.1, 0.15) is 52.9 Å². The minimum absolute atomic E-state index is 0.00413. The van der Waals surface area contributed by atoms with E-state index in [1.54, 1.807) is 0 Å². The Kier molecular flexibility index (Phi) is 6.12. The van der Waals surface area contributed by atoms with Crippen LogP contribution in [0.2, 0.25) is 0 Å². The molecule has 114 valence electrons. The monoisotopic (exact) mass is 280 g/mol. The Balaban J connectivity index is 2.52. The summed E-state index contributed by atoms with van der Waals surface area (Å²) in [5, 5.41) is 3.53. The Hall–Kier alpha value is -0.290. The van der Waals surface area contributed by atoms with Gasteiger partial charge in [0.1, 0.15) is 0 Å². The van der Waals surface area contributed by atoms with Crippen LogP contribution in [0.3, 0.4) is 0 Å². The van der Waals surface area contributed by atoms with Crippen LogP contribution in [0, 0.1) is 0 Å². The van der Waals surface area contributed by atoms with Crippen LogP contribution in [0.15, 0.2) is 0 Å². The first-order valence-corrected chi connectivity index (χ1v) is 7.36. The summed E-state index contributed by atoms with van der Waals surface area (Å²) >= 11 is 0. The lowest BCUT2D eigenvalue weighted by Gasteiger charge is -2.48. The molecule has 2 nitrogen and oxygen atoms in total. The molecule has 1 heterocycles.